The molecule has 0 saturated heterocycles. The monoisotopic (exact) mass is 495 g/mol. The second-order valence-electron chi connectivity index (χ2n) is 7.44. The highest BCUT2D eigenvalue weighted by atomic mass is 32.2. The molecule has 0 aliphatic carbocycles. The fourth-order valence-corrected chi connectivity index (χ4v) is 5.20. The first-order valence-electron chi connectivity index (χ1n) is 9.64. The summed E-state index contributed by atoms with van der Waals surface area (Å²) in [6.45, 7) is 3.33. The van der Waals surface area contributed by atoms with Crippen molar-refractivity contribution in [1.29, 1.82) is 0 Å². The molecule has 3 aromatic rings. The third-order valence-electron chi connectivity index (χ3n) is 4.61. The number of nitrogens with one attached hydrogen (secondary N) is 2. The van der Waals surface area contributed by atoms with Gasteiger partial charge in [0.05, 0.1) is 10.6 Å². The van der Waals surface area contributed by atoms with Crippen molar-refractivity contribution in [3.63, 3.8) is 0 Å². The molecule has 0 bridgehead atoms. The second-order valence-corrected chi connectivity index (χ2v) is 10.8. The molecule has 1 aromatic heterocycles. The minimum absolute atomic E-state index is 0.109. The third kappa shape index (κ3) is 6.54. The number of amides is 1. The van der Waals surface area contributed by atoms with Crippen LogP contribution in [0.5, 0.6) is 11.5 Å². The van der Waals surface area contributed by atoms with E-state index in [0.717, 1.165) is 0 Å². The van der Waals surface area contributed by atoms with Crippen LogP contribution in [0.3, 0.4) is 0 Å². The molecule has 1 atom stereocenters. The number of aromatic nitrogens is 1. The van der Waals surface area contributed by atoms with E-state index in [1.54, 1.807) is 19.9 Å². The first-order chi connectivity index (χ1) is 15.6. The van der Waals surface area contributed by atoms with Crippen molar-refractivity contribution < 1.29 is 32.1 Å². The Hall–Kier alpha value is -2.93. The van der Waals surface area contributed by atoms with Gasteiger partial charge >= 0.3 is 0 Å². The fourth-order valence-electron chi connectivity index (χ4n) is 2.78. The van der Waals surface area contributed by atoms with Gasteiger partial charge in [-0.25, -0.2) is 18.3 Å². The molecule has 0 saturated carbocycles. The molecule has 9 nitrogen and oxygen atoms in total. The summed E-state index contributed by atoms with van der Waals surface area (Å²) in [7, 11) is -4.14. The molecule has 176 valence electrons. The Morgan fingerprint density at radius 2 is 1.76 bits per heavy atom. The molecule has 33 heavy (non-hydrogen) atoms. The number of hydrogen-bond donors (Lipinski definition) is 3. The highest BCUT2D eigenvalue weighted by Gasteiger charge is 2.39. The molecule has 3 rings (SSSR count). The maximum absolute atomic E-state index is 13.0. The smallest absolute Gasteiger partial charge is 0.262 e. The highest BCUT2D eigenvalue weighted by Crippen LogP contribution is 2.32. The van der Waals surface area contributed by atoms with E-state index >= 15 is 0 Å². The van der Waals surface area contributed by atoms with Gasteiger partial charge in [-0.05, 0) is 62.4 Å². The van der Waals surface area contributed by atoms with Crippen molar-refractivity contribution in [2.45, 2.75) is 35.3 Å². The van der Waals surface area contributed by atoms with Gasteiger partial charge in [0, 0.05) is 16.6 Å². The Bertz CT molecular complexity index is 1170. The molecule has 0 spiro atoms. The molecule has 3 N–H and O–H groups in total. The summed E-state index contributed by atoms with van der Waals surface area (Å²) in [5.41, 5.74) is 2.14. The van der Waals surface area contributed by atoms with Crippen molar-refractivity contribution in [3.05, 3.63) is 72.4 Å². The SMILES string of the molecule is CC(C)(SCc1ccon1)C(NS(=O)(=O)c1ccc(Oc2ccc(F)cc2)cc1)C(=O)NO. The van der Waals surface area contributed by atoms with E-state index in [1.807, 2.05) is 0 Å². The van der Waals surface area contributed by atoms with Crippen LogP contribution in [0.4, 0.5) is 4.39 Å². The van der Waals surface area contributed by atoms with Crippen LogP contribution in [-0.4, -0.2) is 35.5 Å². The van der Waals surface area contributed by atoms with Crippen LogP contribution in [0.25, 0.3) is 0 Å². The number of halogens is 1. The van der Waals surface area contributed by atoms with Crippen LogP contribution in [0.2, 0.25) is 0 Å². The Balaban J connectivity index is 1.74. The third-order valence-corrected chi connectivity index (χ3v) is 7.47. The van der Waals surface area contributed by atoms with Gasteiger partial charge in [0.1, 0.15) is 29.6 Å². The van der Waals surface area contributed by atoms with Crippen LogP contribution >= 0.6 is 11.8 Å². The lowest BCUT2D eigenvalue weighted by Gasteiger charge is -2.32. The number of hydroxylamine groups is 1. The Labute approximate surface area is 194 Å². The van der Waals surface area contributed by atoms with Gasteiger partial charge in [0.15, 0.2) is 0 Å². The summed E-state index contributed by atoms with van der Waals surface area (Å²) >= 11 is 1.26. The Morgan fingerprint density at radius 1 is 1.15 bits per heavy atom. The average Bonchev–Trinajstić information content (AvgIpc) is 3.31. The lowest BCUT2D eigenvalue weighted by molar-refractivity contribution is -0.131. The van der Waals surface area contributed by atoms with Crippen molar-refractivity contribution >= 4 is 27.7 Å². The summed E-state index contributed by atoms with van der Waals surface area (Å²) < 4.78 is 50.7. The minimum atomic E-state index is -4.14. The highest BCUT2D eigenvalue weighted by molar-refractivity contribution is 8.00. The van der Waals surface area contributed by atoms with E-state index < -0.39 is 32.5 Å². The van der Waals surface area contributed by atoms with E-state index in [4.69, 9.17) is 9.26 Å². The van der Waals surface area contributed by atoms with E-state index in [-0.39, 0.29) is 4.90 Å². The zero-order valence-corrected chi connectivity index (χ0v) is 19.3. The fraction of sp³-hybridized carbons (Fsp3) is 0.238. The largest absolute Gasteiger partial charge is 0.457 e. The summed E-state index contributed by atoms with van der Waals surface area (Å²) in [5.74, 6) is -0.231. The van der Waals surface area contributed by atoms with Crippen molar-refractivity contribution in [2.24, 2.45) is 0 Å². The van der Waals surface area contributed by atoms with Crippen LogP contribution in [0, 0.1) is 5.82 Å². The zero-order valence-electron chi connectivity index (χ0n) is 17.7. The topological polar surface area (TPSA) is 131 Å². The molecule has 12 heteroatoms. The molecular weight excluding hydrogens is 473 g/mol. The Morgan fingerprint density at radius 3 is 2.30 bits per heavy atom. The second kappa shape index (κ2) is 10.3. The molecular formula is C21H22FN3O6S2. The van der Waals surface area contributed by atoms with Crippen LogP contribution in [0.15, 0.2) is 70.3 Å². The van der Waals surface area contributed by atoms with Crippen LogP contribution in [0.1, 0.15) is 19.5 Å². The van der Waals surface area contributed by atoms with Gasteiger partial charge in [0.2, 0.25) is 10.0 Å². The molecule has 0 fully saturated rings. The molecule has 0 aliphatic rings. The van der Waals surface area contributed by atoms with Crippen molar-refractivity contribution in [2.75, 3.05) is 0 Å². The minimum Gasteiger partial charge on any atom is -0.457 e. The van der Waals surface area contributed by atoms with E-state index in [0.29, 0.717) is 22.9 Å². The number of carbonyl (C=O) groups excluding carboxylic acids is 1. The summed E-state index contributed by atoms with van der Waals surface area (Å²) in [4.78, 5) is 12.2. The lowest BCUT2D eigenvalue weighted by Crippen LogP contribution is -2.55. The van der Waals surface area contributed by atoms with E-state index in [9.17, 15) is 22.8 Å². The first-order valence-corrected chi connectivity index (χ1v) is 12.1. The predicted octanol–water partition coefficient (Wildman–Crippen LogP) is 3.47. The standard InChI is InChI=1S/C21H22FN3O6S2/c1-21(2,32-13-15-11-12-30-24-15)19(20(26)23-27)25-33(28,29)18-9-7-17(8-10-18)31-16-5-3-14(22)4-6-16/h3-12,19,25,27H,13H2,1-2H3,(H,23,26). The van der Waals surface area contributed by atoms with Crippen molar-refractivity contribution in [3.8, 4) is 11.5 Å². The van der Waals surface area contributed by atoms with E-state index in [1.165, 1.54) is 72.0 Å². The quantitative estimate of drug-likeness (QED) is 0.288. The summed E-state index contributed by atoms with van der Waals surface area (Å²) in [6.07, 6.45) is 1.41. The molecule has 0 radical (unpaired) electrons. The van der Waals surface area contributed by atoms with Gasteiger partial charge < -0.3 is 9.26 Å². The van der Waals surface area contributed by atoms with Gasteiger partial charge in [-0.15, -0.1) is 11.8 Å². The van der Waals surface area contributed by atoms with Crippen molar-refractivity contribution in [1.82, 2.24) is 15.4 Å². The number of benzene rings is 2. The molecule has 2 aromatic carbocycles. The first kappa shape index (κ1) is 24.7. The molecule has 0 aliphatic heterocycles. The van der Waals surface area contributed by atoms with Gasteiger partial charge in [-0.1, -0.05) is 5.16 Å². The summed E-state index contributed by atoms with van der Waals surface area (Å²) in [6, 6.07) is 11.2. The van der Waals surface area contributed by atoms with E-state index in [2.05, 4.69) is 9.88 Å². The molecule has 1 amide bonds. The summed E-state index contributed by atoms with van der Waals surface area (Å²) in [5, 5.41) is 13.0. The number of thioether (sulfide) groups is 1. The van der Waals surface area contributed by atoms with Gasteiger partial charge in [-0.2, -0.15) is 4.72 Å². The number of rotatable bonds is 10. The number of carbonyl (C=O) groups is 1. The number of sulfonamides is 1. The normalized spacial score (nSPS) is 12.8. The van der Waals surface area contributed by atoms with Crippen LogP contribution < -0.4 is 14.9 Å². The maximum Gasteiger partial charge on any atom is 0.262 e. The number of nitrogens with zero attached hydrogens (tertiary/aromatic N) is 1. The van der Waals surface area contributed by atoms with Crippen LogP contribution in [-0.2, 0) is 20.6 Å². The van der Waals surface area contributed by atoms with Gasteiger partial charge in [-0.3, -0.25) is 10.0 Å². The van der Waals surface area contributed by atoms with Gasteiger partial charge in [0.25, 0.3) is 5.91 Å². The number of ether oxygens (including phenoxy) is 1. The zero-order chi connectivity index (χ0) is 24.1. The maximum atomic E-state index is 13.0. The predicted molar refractivity (Wildman–Crippen MR) is 119 cm³/mol. The number of hydrogen-bond acceptors (Lipinski definition) is 8. The Kier molecular flexibility index (Phi) is 7.74. The molecule has 1 unspecified atom stereocenters. The molecule has 1 heterocycles. The lowest BCUT2D eigenvalue weighted by atomic mass is 10.0. The average molecular weight is 496 g/mol.